The number of nitrogen functional groups attached to an aromatic ring is 1. The fraction of sp³-hybridized carbons (Fsp3) is 0.0769. The summed E-state index contributed by atoms with van der Waals surface area (Å²) in [5.74, 6) is 0.275. The molecule has 0 bridgehead atoms. The van der Waals surface area contributed by atoms with Crippen molar-refractivity contribution in [2.75, 3.05) is 5.73 Å². The lowest BCUT2D eigenvalue weighted by Crippen LogP contribution is -1.96. The summed E-state index contributed by atoms with van der Waals surface area (Å²) in [6, 6.07) is 12.0. The Balaban J connectivity index is 2.24. The maximum absolute atomic E-state index is 5.66. The Bertz CT molecular complexity index is 701. The highest BCUT2D eigenvalue weighted by Crippen LogP contribution is 2.24. The van der Waals surface area contributed by atoms with Gasteiger partial charge in [-0.25, -0.2) is 4.52 Å². The lowest BCUT2D eigenvalue weighted by molar-refractivity contribution is 0.969. The first-order valence-corrected chi connectivity index (χ1v) is 5.68. The summed E-state index contributed by atoms with van der Waals surface area (Å²) in [6.07, 6.45) is 1.83. The molecule has 0 fully saturated rings. The van der Waals surface area contributed by atoms with E-state index < -0.39 is 0 Å². The van der Waals surface area contributed by atoms with Gasteiger partial charge in [0.15, 0.2) is 5.65 Å². The van der Waals surface area contributed by atoms with Crippen molar-refractivity contribution < 1.29 is 0 Å². The van der Waals surface area contributed by atoms with Gasteiger partial charge in [0.1, 0.15) is 0 Å². The van der Waals surface area contributed by atoms with Gasteiger partial charge in [-0.05, 0) is 29.3 Å². The molecule has 1 aromatic carbocycles. The number of hydrogen-bond acceptors (Lipinski definition) is 4. The Morgan fingerprint density at radius 1 is 1.17 bits per heavy atom. The molecule has 0 saturated carbocycles. The van der Waals surface area contributed by atoms with Crippen LogP contribution in [0.4, 0.5) is 5.95 Å². The lowest BCUT2D eigenvalue weighted by atomic mass is 10.0. The fourth-order valence-corrected chi connectivity index (χ4v) is 2.01. The summed E-state index contributed by atoms with van der Waals surface area (Å²) < 4.78 is 1.68. The van der Waals surface area contributed by atoms with Crippen LogP contribution < -0.4 is 11.5 Å². The van der Waals surface area contributed by atoms with Gasteiger partial charge in [0, 0.05) is 18.3 Å². The molecule has 0 amide bonds. The zero-order chi connectivity index (χ0) is 12.5. The van der Waals surface area contributed by atoms with Gasteiger partial charge in [0.2, 0.25) is 5.95 Å². The van der Waals surface area contributed by atoms with Crippen molar-refractivity contribution in [2.45, 2.75) is 6.54 Å². The summed E-state index contributed by atoms with van der Waals surface area (Å²) in [5.41, 5.74) is 15.2. The summed E-state index contributed by atoms with van der Waals surface area (Å²) in [4.78, 5) is 4.24. The molecule has 0 radical (unpaired) electrons. The van der Waals surface area contributed by atoms with Gasteiger partial charge < -0.3 is 11.5 Å². The molecular formula is C13H13N5. The summed E-state index contributed by atoms with van der Waals surface area (Å²) in [7, 11) is 0. The van der Waals surface area contributed by atoms with Crippen LogP contribution in [0.2, 0.25) is 0 Å². The number of fused-ring (bicyclic) bond motifs is 1. The molecule has 0 aliphatic carbocycles. The third kappa shape index (κ3) is 1.70. The minimum absolute atomic E-state index is 0.275. The largest absolute Gasteiger partial charge is 0.366 e. The number of aromatic nitrogens is 3. The predicted octanol–water partition coefficient (Wildman–Crippen LogP) is 1.44. The maximum Gasteiger partial charge on any atom is 0.240 e. The molecule has 2 heterocycles. The van der Waals surface area contributed by atoms with Gasteiger partial charge >= 0.3 is 0 Å². The first-order valence-electron chi connectivity index (χ1n) is 5.68. The van der Waals surface area contributed by atoms with Crippen molar-refractivity contribution in [3.63, 3.8) is 0 Å². The van der Waals surface area contributed by atoms with E-state index in [-0.39, 0.29) is 5.95 Å². The first-order chi connectivity index (χ1) is 8.78. The van der Waals surface area contributed by atoms with E-state index in [1.54, 1.807) is 4.52 Å². The van der Waals surface area contributed by atoms with Crippen LogP contribution in [0.3, 0.4) is 0 Å². The van der Waals surface area contributed by atoms with Crippen LogP contribution in [0, 0.1) is 0 Å². The topological polar surface area (TPSA) is 82.2 Å². The van der Waals surface area contributed by atoms with Gasteiger partial charge in [-0.15, -0.1) is 5.10 Å². The molecule has 3 aromatic rings. The molecule has 0 aliphatic rings. The van der Waals surface area contributed by atoms with Crippen LogP contribution in [0.25, 0.3) is 16.8 Å². The zero-order valence-corrected chi connectivity index (χ0v) is 9.74. The number of hydrogen-bond donors (Lipinski definition) is 2. The van der Waals surface area contributed by atoms with E-state index in [2.05, 4.69) is 16.1 Å². The van der Waals surface area contributed by atoms with Gasteiger partial charge in [-0.1, -0.05) is 18.2 Å². The van der Waals surface area contributed by atoms with Crippen LogP contribution in [-0.4, -0.2) is 14.6 Å². The number of anilines is 1. The van der Waals surface area contributed by atoms with Crippen molar-refractivity contribution in [1.82, 2.24) is 14.6 Å². The number of nitrogens with two attached hydrogens (primary N) is 2. The van der Waals surface area contributed by atoms with Crippen LogP contribution in [-0.2, 0) is 6.54 Å². The number of nitrogens with zero attached hydrogens (tertiary/aromatic N) is 3. The van der Waals surface area contributed by atoms with E-state index in [0.717, 1.165) is 22.3 Å². The SMILES string of the molecule is NCc1cccc(-c2cccn3nc(N)nc23)c1. The lowest BCUT2D eigenvalue weighted by Gasteiger charge is -2.04. The molecule has 0 atom stereocenters. The standard InChI is InChI=1S/C13H13N5/c14-8-9-3-1-4-10(7-9)11-5-2-6-18-12(11)16-13(15)17-18/h1-7H,8,14H2,(H2,15,17). The second kappa shape index (κ2) is 4.12. The first kappa shape index (κ1) is 10.7. The number of rotatable bonds is 2. The van der Waals surface area contributed by atoms with E-state index in [1.165, 1.54) is 0 Å². The summed E-state index contributed by atoms with van der Waals surface area (Å²) >= 11 is 0. The highest BCUT2D eigenvalue weighted by molar-refractivity contribution is 5.78. The average molecular weight is 239 g/mol. The minimum Gasteiger partial charge on any atom is -0.366 e. The predicted molar refractivity (Wildman–Crippen MR) is 70.7 cm³/mol. The molecule has 18 heavy (non-hydrogen) atoms. The molecular weight excluding hydrogens is 226 g/mol. The normalized spacial score (nSPS) is 10.9. The highest BCUT2D eigenvalue weighted by Gasteiger charge is 2.08. The number of pyridine rings is 1. The van der Waals surface area contributed by atoms with Gasteiger partial charge in [0.05, 0.1) is 0 Å². The molecule has 2 aromatic heterocycles. The fourth-order valence-electron chi connectivity index (χ4n) is 2.01. The van der Waals surface area contributed by atoms with Crippen LogP contribution in [0.15, 0.2) is 42.6 Å². The average Bonchev–Trinajstić information content (AvgIpc) is 2.78. The molecule has 5 nitrogen and oxygen atoms in total. The van der Waals surface area contributed by atoms with Crippen LogP contribution >= 0.6 is 0 Å². The Morgan fingerprint density at radius 3 is 2.89 bits per heavy atom. The minimum atomic E-state index is 0.275. The van der Waals surface area contributed by atoms with Crippen LogP contribution in [0.5, 0.6) is 0 Å². The highest BCUT2D eigenvalue weighted by atomic mass is 15.3. The Labute approximate surface area is 104 Å². The maximum atomic E-state index is 5.66. The monoisotopic (exact) mass is 239 g/mol. The quantitative estimate of drug-likeness (QED) is 0.708. The van der Waals surface area contributed by atoms with Crippen molar-refractivity contribution in [2.24, 2.45) is 5.73 Å². The Hall–Kier alpha value is -2.40. The third-order valence-corrected chi connectivity index (χ3v) is 2.85. The van der Waals surface area contributed by atoms with Crippen molar-refractivity contribution in [3.8, 4) is 11.1 Å². The molecule has 4 N–H and O–H groups in total. The van der Waals surface area contributed by atoms with E-state index in [1.807, 2.05) is 36.5 Å². The van der Waals surface area contributed by atoms with Crippen molar-refractivity contribution in [1.29, 1.82) is 0 Å². The van der Waals surface area contributed by atoms with Gasteiger partial charge in [-0.3, -0.25) is 0 Å². The Kier molecular flexibility index (Phi) is 2.46. The molecule has 0 aliphatic heterocycles. The second-order valence-corrected chi connectivity index (χ2v) is 4.06. The van der Waals surface area contributed by atoms with E-state index >= 15 is 0 Å². The van der Waals surface area contributed by atoms with Crippen LogP contribution in [0.1, 0.15) is 5.56 Å². The molecule has 3 rings (SSSR count). The smallest absolute Gasteiger partial charge is 0.240 e. The zero-order valence-electron chi connectivity index (χ0n) is 9.74. The van der Waals surface area contributed by atoms with Crippen molar-refractivity contribution in [3.05, 3.63) is 48.2 Å². The molecule has 0 saturated heterocycles. The molecule has 90 valence electrons. The summed E-state index contributed by atoms with van der Waals surface area (Å²) in [5, 5.41) is 4.10. The molecule has 5 heteroatoms. The van der Waals surface area contributed by atoms with E-state index in [0.29, 0.717) is 6.54 Å². The summed E-state index contributed by atoms with van der Waals surface area (Å²) in [6.45, 7) is 0.520. The Morgan fingerprint density at radius 2 is 2.06 bits per heavy atom. The van der Waals surface area contributed by atoms with E-state index in [9.17, 15) is 0 Å². The van der Waals surface area contributed by atoms with Gasteiger partial charge in [0.25, 0.3) is 0 Å². The molecule has 0 spiro atoms. The second-order valence-electron chi connectivity index (χ2n) is 4.06. The van der Waals surface area contributed by atoms with E-state index in [4.69, 9.17) is 11.5 Å². The molecule has 0 unspecified atom stereocenters. The number of benzene rings is 1. The van der Waals surface area contributed by atoms with Crippen molar-refractivity contribution >= 4 is 11.6 Å². The van der Waals surface area contributed by atoms with Gasteiger partial charge in [-0.2, -0.15) is 4.98 Å². The third-order valence-electron chi connectivity index (χ3n) is 2.85.